The molecule has 2 aromatic heterocycles. The predicted octanol–water partition coefficient (Wildman–Crippen LogP) is 1.51. The van der Waals surface area contributed by atoms with Crippen molar-refractivity contribution in [3.05, 3.63) is 17.3 Å². The van der Waals surface area contributed by atoms with Gasteiger partial charge in [-0.1, -0.05) is 0 Å². The van der Waals surface area contributed by atoms with Crippen LogP contribution in [0.3, 0.4) is 0 Å². The molecule has 1 atom stereocenters. The summed E-state index contributed by atoms with van der Waals surface area (Å²) in [6.45, 7) is 9.95. The minimum absolute atomic E-state index is 0.0519. The number of amides is 2. The molecule has 2 aliphatic heterocycles. The van der Waals surface area contributed by atoms with Gasteiger partial charge in [-0.2, -0.15) is 0 Å². The standard InChI is InChI=1S/C23H34N6O3/c1-16-13-17(2)24-22-21(16)23(25-26(22)4)32-15-20(31)28-11-9-27(10-12-28)14-19(30)29-8-6-5-7-18(29)3/h13,18H,5-12,14-15H2,1-4H3. The number of carbonyl (C=O) groups excluding carboxylic acids is 2. The van der Waals surface area contributed by atoms with Crippen LogP contribution < -0.4 is 4.74 Å². The summed E-state index contributed by atoms with van der Waals surface area (Å²) in [6.07, 6.45) is 3.39. The molecule has 4 rings (SSSR count). The number of ether oxygens (including phenoxy) is 1. The first-order valence-electron chi connectivity index (χ1n) is 11.6. The minimum atomic E-state index is -0.0582. The van der Waals surface area contributed by atoms with Crippen molar-refractivity contribution in [3.63, 3.8) is 0 Å². The Balaban J connectivity index is 1.28. The number of carbonyl (C=O) groups is 2. The lowest BCUT2D eigenvalue weighted by molar-refractivity contribution is -0.138. The lowest BCUT2D eigenvalue weighted by atomic mass is 10.0. The first-order valence-corrected chi connectivity index (χ1v) is 11.6. The Kier molecular flexibility index (Phi) is 6.64. The first-order chi connectivity index (χ1) is 15.3. The van der Waals surface area contributed by atoms with Gasteiger partial charge in [0.25, 0.3) is 5.91 Å². The van der Waals surface area contributed by atoms with E-state index in [4.69, 9.17) is 4.74 Å². The predicted molar refractivity (Wildman–Crippen MR) is 122 cm³/mol. The smallest absolute Gasteiger partial charge is 0.260 e. The number of aromatic nitrogens is 3. The molecule has 2 fully saturated rings. The van der Waals surface area contributed by atoms with Gasteiger partial charge in [0.1, 0.15) is 0 Å². The molecule has 1 unspecified atom stereocenters. The van der Waals surface area contributed by atoms with Gasteiger partial charge in [-0.15, -0.1) is 5.10 Å². The maximum atomic E-state index is 12.7. The Morgan fingerprint density at radius 2 is 1.84 bits per heavy atom. The van der Waals surface area contributed by atoms with E-state index in [0.717, 1.165) is 41.7 Å². The van der Waals surface area contributed by atoms with Gasteiger partial charge in [0, 0.05) is 51.5 Å². The number of pyridine rings is 1. The molecule has 0 bridgehead atoms. The van der Waals surface area contributed by atoms with Crippen LogP contribution in [0, 0.1) is 13.8 Å². The quantitative estimate of drug-likeness (QED) is 0.698. The molecule has 0 saturated carbocycles. The second-order valence-electron chi connectivity index (χ2n) is 9.09. The number of hydrogen-bond donors (Lipinski definition) is 0. The Morgan fingerprint density at radius 1 is 1.09 bits per heavy atom. The summed E-state index contributed by atoms with van der Waals surface area (Å²) in [5.41, 5.74) is 2.71. The Labute approximate surface area is 189 Å². The number of piperidine rings is 1. The highest BCUT2D eigenvalue weighted by Gasteiger charge is 2.27. The third-order valence-electron chi connectivity index (χ3n) is 6.63. The topological polar surface area (TPSA) is 83.8 Å². The van der Waals surface area contributed by atoms with E-state index in [9.17, 15) is 9.59 Å². The van der Waals surface area contributed by atoms with Crippen LogP contribution in [0.25, 0.3) is 11.0 Å². The zero-order valence-corrected chi connectivity index (χ0v) is 19.6. The number of nitrogens with zero attached hydrogens (tertiary/aromatic N) is 6. The van der Waals surface area contributed by atoms with Gasteiger partial charge in [0.2, 0.25) is 11.8 Å². The number of likely N-dealkylation sites (tertiary alicyclic amines) is 1. The summed E-state index contributed by atoms with van der Waals surface area (Å²) in [6, 6.07) is 2.32. The van der Waals surface area contributed by atoms with Crippen LogP contribution in [0.1, 0.15) is 37.4 Å². The molecule has 0 aromatic carbocycles. The normalized spacial score (nSPS) is 20.1. The second-order valence-corrected chi connectivity index (χ2v) is 9.09. The SMILES string of the molecule is Cc1cc(C)c2c(OCC(=O)N3CCN(CC(=O)N4CCCCC4C)CC3)nn(C)c2n1. The lowest BCUT2D eigenvalue weighted by Gasteiger charge is -2.38. The van der Waals surface area contributed by atoms with Gasteiger partial charge in [-0.25, -0.2) is 9.67 Å². The summed E-state index contributed by atoms with van der Waals surface area (Å²) in [4.78, 5) is 35.9. The average Bonchev–Trinajstić information content (AvgIpc) is 3.08. The molecule has 2 aliphatic rings. The Hall–Kier alpha value is -2.68. The first kappa shape index (κ1) is 22.5. The highest BCUT2D eigenvalue weighted by Crippen LogP contribution is 2.27. The molecule has 0 N–H and O–H groups in total. The van der Waals surface area contributed by atoms with Gasteiger partial charge in [0.15, 0.2) is 12.3 Å². The zero-order valence-electron chi connectivity index (χ0n) is 19.6. The number of piperazine rings is 1. The largest absolute Gasteiger partial charge is 0.466 e. The lowest BCUT2D eigenvalue weighted by Crippen LogP contribution is -2.53. The van der Waals surface area contributed by atoms with Gasteiger partial charge in [-0.05, 0) is 51.7 Å². The van der Waals surface area contributed by atoms with E-state index in [0.29, 0.717) is 44.6 Å². The third-order valence-corrected chi connectivity index (χ3v) is 6.63. The Morgan fingerprint density at radius 3 is 2.56 bits per heavy atom. The maximum absolute atomic E-state index is 12.7. The van der Waals surface area contributed by atoms with Crippen molar-refractivity contribution in [3.8, 4) is 5.88 Å². The highest BCUT2D eigenvalue weighted by molar-refractivity contribution is 5.86. The molecule has 9 nitrogen and oxygen atoms in total. The minimum Gasteiger partial charge on any atom is -0.466 e. The number of aryl methyl sites for hydroxylation is 3. The fraction of sp³-hybridized carbons (Fsp3) is 0.652. The van der Waals surface area contributed by atoms with Gasteiger partial charge >= 0.3 is 0 Å². The summed E-state index contributed by atoms with van der Waals surface area (Å²) in [7, 11) is 1.83. The van der Waals surface area contributed by atoms with Crippen LogP contribution in [0.5, 0.6) is 5.88 Å². The summed E-state index contributed by atoms with van der Waals surface area (Å²) >= 11 is 0. The van der Waals surface area contributed by atoms with E-state index < -0.39 is 0 Å². The van der Waals surface area contributed by atoms with Crippen LogP contribution in [-0.4, -0.2) is 93.2 Å². The number of fused-ring (bicyclic) bond motifs is 1. The summed E-state index contributed by atoms with van der Waals surface area (Å²) in [5.74, 6) is 0.597. The molecule has 9 heteroatoms. The number of hydrogen-bond acceptors (Lipinski definition) is 6. The van der Waals surface area contributed by atoms with Crippen LogP contribution in [-0.2, 0) is 16.6 Å². The molecule has 0 aliphatic carbocycles. The van der Waals surface area contributed by atoms with Crippen molar-refractivity contribution in [1.29, 1.82) is 0 Å². The molecular weight excluding hydrogens is 408 g/mol. The summed E-state index contributed by atoms with van der Waals surface area (Å²) < 4.78 is 7.51. The van der Waals surface area contributed by atoms with E-state index in [1.54, 1.807) is 4.68 Å². The van der Waals surface area contributed by atoms with Crippen molar-refractivity contribution in [2.75, 3.05) is 45.9 Å². The average molecular weight is 443 g/mol. The molecule has 174 valence electrons. The van der Waals surface area contributed by atoms with Crippen LogP contribution >= 0.6 is 0 Å². The molecule has 2 amide bonds. The van der Waals surface area contributed by atoms with E-state index in [1.807, 2.05) is 36.8 Å². The van der Waals surface area contributed by atoms with Gasteiger partial charge < -0.3 is 14.5 Å². The van der Waals surface area contributed by atoms with Crippen LogP contribution in [0.15, 0.2) is 6.07 Å². The molecule has 32 heavy (non-hydrogen) atoms. The van der Waals surface area contributed by atoms with Crippen molar-refractivity contribution in [2.45, 2.75) is 46.1 Å². The number of rotatable bonds is 5. The molecule has 0 spiro atoms. The van der Waals surface area contributed by atoms with Crippen molar-refractivity contribution >= 4 is 22.8 Å². The van der Waals surface area contributed by atoms with E-state index >= 15 is 0 Å². The van der Waals surface area contributed by atoms with Crippen molar-refractivity contribution < 1.29 is 14.3 Å². The zero-order chi connectivity index (χ0) is 22.8. The fourth-order valence-electron chi connectivity index (χ4n) is 4.78. The third kappa shape index (κ3) is 4.72. The van der Waals surface area contributed by atoms with E-state index in [-0.39, 0.29) is 18.4 Å². The molecule has 2 saturated heterocycles. The van der Waals surface area contributed by atoms with Gasteiger partial charge in [-0.3, -0.25) is 14.5 Å². The van der Waals surface area contributed by atoms with Crippen molar-refractivity contribution in [1.82, 2.24) is 29.5 Å². The molecule has 0 radical (unpaired) electrons. The van der Waals surface area contributed by atoms with Crippen LogP contribution in [0.4, 0.5) is 0 Å². The molecular formula is C23H34N6O3. The van der Waals surface area contributed by atoms with E-state index in [1.165, 1.54) is 6.42 Å². The maximum Gasteiger partial charge on any atom is 0.260 e. The molecule has 4 heterocycles. The molecule has 2 aromatic rings. The van der Waals surface area contributed by atoms with E-state index in [2.05, 4.69) is 21.9 Å². The Bertz CT molecular complexity index is 995. The monoisotopic (exact) mass is 442 g/mol. The van der Waals surface area contributed by atoms with Gasteiger partial charge in [0.05, 0.1) is 11.9 Å². The highest BCUT2D eigenvalue weighted by atomic mass is 16.5. The summed E-state index contributed by atoms with van der Waals surface area (Å²) in [5, 5.41) is 5.26. The fourth-order valence-corrected chi connectivity index (χ4v) is 4.78. The van der Waals surface area contributed by atoms with Crippen LogP contribution in [0.2, 0.25) is 0 Å². The second kappa shape index (κ2) is 9.44. The van der Waals surface area contributed by atoms with Crippen molar-refractivity contribution in [2.24, 2.45) is 7.05 Å².